The lowest BCUT2D eigenvalue weighted by Gasteiger charge is -2.28. The third kappa shape index (κ3) is 5.51. The summed E-state index contributed by atoms with van der Waals surface area (Å²) in [5.41, 5.74) is 0.638. The average Bonchev–Trinajstić information content (AvgIpc) is 3.46. The van der Waals surface area contributed by atoms with Crippen LogP contribution in [0.3, 0.4) is 0 Å². The number of thiophene rings is 1. The van der Waals surface area contributed by atoms with Crippen molar-refractivity contribution in [2.24, 2.45) is 5.92 Å². The maximum absolute atomic E-state index is 13.1. The van der Waals surface area contributed by atoms with Crippen molar-refractivity contribution in [3.8, 4) is 5.75 Å². The number of ether oxygens (including phenoxy) is 2. The second kappa shape index (κ2) is 11.2. The van der Waals surface area contributed by atoms with E-state index in [4.69, 9.17) is 9.47 Å². The number of morpholine rings is 1. The van der Waals surface area contributed by atoms with E-state index in [-0.39, 0.29) is 11.3 Å². The number of ketones is 1. The van der Waals surface area contributed by atoms with E-state index in [1.807, 2.05) is 17.5 Å². The molecule has 0 saturated carbocycles. The lowest BCUT2D eigenvalue weighted by molar-refractivity contribution is -0.140. The van der Waals surface area contributed by atoms with E-state index in [1.54, 1.807) is 29.2 Å². The van der Waals surface area contributed by atoms with Crippen LogP contribution in [0.15, 0.2) is 47.4 Å². The number of nitrogens with zero attached hydrogens (tertiary/aromatic N) is 2. The summed E-state index contributed by atoms with van der Waals surface area (Å²) in [6.45, 7) is 9.23. The van der Waals surface area contributed by atoms with Crippen molar-refractivity contribution in [3.63, 3.8) is 0 Å². The summed E-state index contributed by atoms with van der Waals surface area (Å²) in [5, 5.41) is 13.1. The van der Waals surface area contributed by atoms with E-state index in [2.05, 4.69) is 18.7 Å². The molecule has 1 amide bonds. The van der Waals surface area contributed by atoms with Gasteiger partial charge in [0.15, 0.2) is 0 Å². The second-order valence-electron chi connectivity index (χ2n) is 9.04. The normalized spacial score (nSPS) is 20.9. The Hall–Kier alpha value is -2.68. The van der Waals surface area contributed by atoms with Crippen LogP contribution in [-0.2, 0) is 14.3 Å². The van der Waals surface area contributed by atoms with Crippen molar-refractivity contribution in [2.45, 2.75) is 26.3 Å². The first-order chi connectivity index (χ1) is 16.5. The molecule has 2 aliphatic heterocycles. The van der Waals surface area contributed by atoms with Crippen LogP contribution in [0.1, 0.15) is 36.8 Å². The predicted octanol–water partition coefficient (Wildman–Crippen LogP) is 3.93. The molecule has 2 fully saturated rings. The van der Waals surface area contributed by atoms with Gasteiger partial charge >= 0.3 is 0 Å². The molecule has 3 heterocycles. The molecular formula is C26H32N2O5S. The summed E-state index contributed by atoms with van der Waals surface area (Å²) < 4.78 is 11.1. The molecule has 2 saturated heterocycles. The number of rotatable bonds is 9. The van der Waals surface area contributed by atoms with Crippen molar-refractivity contribution in [1.29, 1.82) is 0 Å². The number of benzene rings is 1. The lowest BCUT2D eigenvalue weighted by Crippen LogP contribution is -2.38. The fourth-order valence-electron chi connectivity index (χ4n) is 4.27. The number of hydrogen-bond acceptors (Lipinski definition) is 7. The minimum absolute atomic E-state index is 0.148. The molecule has 2 aliphatic rings. The second-order valence-corrected chi connectivity index (χ2v) is 10.0. The fraction of sp³-hybridized carbons (Fsp3) is 0.462. The number of aliphatic hydroxyl groups excluding tert-OH is 1. The SMILES string of the molecule is CC(C)COc1ccc(/C(O)=C2/C(=O)C(=O)N(CCCN3CCOCC3)C2c2cccs2)cc1. The molecular weight excluding hydrogens is 452 g/mol. The van der Waals surface area contributed by atoms with Crippen LogP contribution in [-0.4, -0.2) is 72.6 Å². The molecule has 1 atom stereocenters. The Balaban J connectivity index is 1.56. The molecule has 0 spiro atoms. The largest absolute Gasteiger partial charge is 0.507 e. The van der Waals surface area contributed by atoms with Crippen LogP contribution < -0.4 is 4.74 Å². The zero-order chi connectivity index (χ0) is 24.1. The van der Waals surface area contributed by atoms with Gasteiger partial charge in [-0.15, -0.1) is 11.3 Å². The molecule has 0 bridgehead atoms. The summed E-state index contributed by atoms with van der Waals surface area (Å²) in [5.74, 6) is -0.245. The molecule has 1 N–H and O–H groups in total. The summed E-state index contributed by atoms with van der Waals surface area (Å²) in [4.78, 5) is 30.9. The summed E-state index contributed by atoms with van der Waals surface area (Å²) in [6, 6.07) is 10.2. The molecule has 1 unspecified atom stereocenters. The molecule has 182 valence electrons. The number of carbonyl (C=O) groups excluding carboxylic acids is 2. The van der Waals surface area contributed by atoms with Crippen molar-refractivity contribution in [2.75, 3.05) is 46.0 Å². The highest BCUT2D eigenvalue weighted by molar-refractivity contribution is 7.10. The molecule has 7 nitrogen and oxygen atoms in total. The Bertz CT molecular complexity index is 1010. The first-order valence-electron chi connectivity index (χ1n) is 11.8. The van der Waals surface area contributed by atoms with Gasteiger partial charge in [0.05, 0.1) is 31.4 Å². The Morgan fingerprint density at radius 2 is 1.88 bits per heavy atom. The highest BCUT2D eigenvalue weighted by Crippen LogP contribution is 2.41. The highest BCUT2D eigenvalue weighted by atomic mass is 32.1. The van der Waals surface area contributed by atoms with Gasteiger partial charge in [-0.3, -0.25) is 14.5 Å². The minimum Gasteiger partial charge on any atom is -0.507 e. The average molecular weight is 485 g/mol. The third-order valence-corrected chi connectivity index (χ3v) is 6.97. The monoisotopic (exact) mass is 484 g/mol. The van der Waals surface area contributed by atoms with E-state index < -0.39 is 17.7 Å². The van der Waals surface area contributed by atoms with Crippen molar-refractivity contribution < 1.29 is 24.2 Å². The fourth-order valence-corrected chi connectivity index (χ4v) is 5.12. The lowest BCUT2D eigenvalue weighted by atomic mass is 10.00. The van der Waals surface area contributed by atoms with Crippen molar-refractivity contribution in [3.05, 3.63) is 57.8 Å². The summed E-state index contributed by atoms with van der Waals surface area (Å²) in [6.07, 6.45) is 0.747. The molecule has 4 rings (SSSR count). The standard InChI is InChI=1S/C26H32N2O5S/c1-18(2)17-33-20-8-6-19(7-9-20)24(29)22-23(21-5-3-16-34-21)28(26(31)25(22)30)11-4-10-27-12-14-32-15-13-27/h3,5-9,16,18,23,29H,4,10-15,17H2,1-2H3/b24-22-. The molecule has 2 aromatic rings. The topological polar surface area (TPSA) is 79.3 Å². The highest BCUT2D eigenvalue weighted by Gasteiger charge is 2.46. The van der Waals surface area contributed by atoms with Gasteiger partial charge in [-0.05, 0) is 48.1 Å². The zero-order valence-corrected chi connectivity index (χ0v) is 20.6. The van der Waals surface area contributed by atoms with Gasteiger partial charge in [-0.2, -0.15) is 0 Å². The van der Waals surface area contributed by atoms with Crippen molar-refractivity contribution >= 4 is 28.8 Å². The van der Waals surface area contributed by atoms with Gasteiger partial charge < -0.3 is 19.5 Å². The number of aliphatic hydroxyl groups is 1. The molecule has 0 aliphatic carbocycles. The first kappa shape index (κ1) is 24.4. The number of Topliss-reactive ketones (excluding diaryl/α,β-unsaturated/α-hetero) is 1. The minimum atomic E-state index is -0.637. The third-order valence-electron chi connectivity index (χ3n) is 6.04. The number of carbonyl (C=O) groups is 2. The van der Waals surface area contributed by atoms with Crippen molar-refractivity contribution in [1.82, 2.24) is 9.80 Å². The van der Waals surface area contributed by atoms with Crippen LogP contribution in [0, 0.1) is 5.92 Å². The van der Waals surface area contributed by atoms with Gasteiger partial charge in [0.2, 0.25) is 0 Å². The summed E-state index contributed by atoms with van der Waals surface area (Å²) in [7, 11) is 0. The number of likely N-dealkylation sites (tertiary alicyclic amines) is 1. The molecule has 8 heteroatoms. The zero-order valence-electron chi connectivity index (χ0n) is 19.7. The van der Waals surface area contributed by atoms with E-state index in [0.29, 0.717) is 30.4 Å². The van der Waals surface area contributed by atoms with Gasteiger partial charge in [-0.25, -0.2) is 0 Å². The van der Waals surface area contributed by atoms with Gasteiger partial charge in [0, 0.05) is 36.6 Å². The van der Waals surface area contributed by atoms with Gasteiger partial charge in [0.25, 0.3) is 11.7 Å². The van der Waals surface area contributed by atoms with Crippen LogP contribution in [0.5, 0.6) is 5.75 Å². The number of hydrogen-bond donors (Lipinski definition) is 1. The Morgan fingerprint density at radius 1 is 1.15 bits per heavy atom. The summed E-state index contributed by atoms with van der Waals surface area (Å²) >= 11 is 1.48. The van der Waals surface area contributed by atoms with E-state index >= 15 is 0 Å². The van der Waals surface area contributed by atoms with Gasteiger partial charge in [0.1, 0.15) is 11.5 Å². The maximum Gasteiger partial charge on any atom is 0.295 e. The maximum atomic E-state index is 13.1. The van der Waals surface area contributed by atoms with Crippen LogP contribution in [0.25, 0.3) is 5.76 Å². The van der Waals surface area contributed by atoms with Crippen LogP contribution in [0.4, 0.5) is 0 Å². The Morgan fingerprint density at radius 3 is 2.53 bits per heavy atom. The molecule has 1 aromatic heterocycles. The quantitative estimate of drug-likeness (QED) is 0.330. The molecule has 1 aromatic carbocycles. The van der Waals surface area contributed by atoms with Crippen LogP contribution in [0.2, 0.25) is 0 Å². The first-order valence-corrected chi connectivity index (χ1v) is 12.7. The molecule has 0 radical (unpaired) electrons. The van der Waals surface area contributed by atoms with E-state index in [9.17, 15) is 14.7 Å². The Kier molecular flexibility index (Phi) is 8.03. The Labute approximate surface area is 204 Å². The van der Waals surface area contributed by atoms with E-state index in [1.165, 1.54) is 11.3 Å². The predicted molar refractivity (Wildman–Crippen MR) is 132 cm³/mol. The van der Waals surface area contributed by atoms with E-state index in [0.717, 1.165) is 44.1 Å². The van der Waals surface area contributed by atoms with Gasteiger partial charge in [-0.1, -0.05) is 19.9 Å². The molecule has 34 heavy (non-hydrogen) atoms. The van der Waals surface area contributed by atoms with Crippen LogP contribution >= 0.6 is 11.3 Å². The smallest absolute Gasteiger partial charge is 0.295 e. The number of amides is 1.